The third-order valence-corrected chi connectivity index (χ3v) is 6.06. The molecule has 5 rings (SSSR count). The summed E-state index contributed by atoms with van der Waals surface area (Å²) in [5, 5.41) is 15.6. The zero-order chi connectivity index (χ0) is 25.6. The van der Waals surface area contributed by atoms with E-state index in [1.165, 1.54) is 18.3 Å². The quantitative estimate of drug-likeness (QED) is 0.301. The van der Waals surface area contributed by atoms with Crippen LogP contribution in [0.25, 0.3) is 16.9 Å². The number of carboxylic acids is 1. The Labute approximate surface area is 206 Å². The second-order valence-corrected chi connectivity index (χ2v) is 8.65. The van der Waals surface area contributed by atoms with Crippen molar-refractivity contribution in [2.45, 2.75) is 18.5 Å². The first-order chi connectivity index (χ1) is 17.1. The minimum absolute atomic E-state index is 0.0183. The summed E-state index contributed by atoms with van der Waals surface area (Å²) in [5.74, 6) is -2.02. The molecule has 2 N–H and O–H groups in total. The fourth-order valence-electron chi connectivity index (χ4n) is 3.88. The Morgan fingerprint density at radius 3 is 2.64 bits per heavy atom. The van der Waals surface area contributed by atoms with E-state index in [1.54, 1.807) is 18.2 Å². The summed E-state index contributed by atoms with van der Waals surface area (Å²) in [7, 11) is 0. The lowest BCUT2D eigenvalue weighted by atomic mass is 10.0. The smallest absolute Gasteiger partial charge is 0.435 e. The minimum Gasteiger partial charge on any atom is -0.481 e. The highest BCUT2D eigenvalue weighted by Gasteiger charge is 2.44. The van der Waals surface area contributed by atoms with Crippen LogP contribution in [-0.4, -0.2) is 30.8 Å². The van der Waals surface area contributed by atoms with Gasteiger partial charge < -0.3 is 10.4 Å². The maximum atomic E-state index is 13.5. The van der Waals surface area contributed by atoms with E-state index in [4.69, 9.17) is 11.6 Å². The Bertz CT molecular complexity index is 1470. The van der Waals surface area contributed by atoms with Crippen molar-refractivity contribution in [1.82, 2.24) is 19.7 Å². The fourth-order valence-corrected chi connectivity index (χ4v) is 4.06. The monoisotopic (exact) mass is 517 g/mol. The molecule has 184 valence electrons. The summed E-state index contributed by atoms with van der Waals surface area (Å²) in [5.41, 5.74) is 1.03. The third-order valence-electron chi connectivity index (χ3n) is 5.77. The van der Waals surface area contributed by atoms with E-state index < -0.39 is 29.6 Å². The summed E-state index contributed by atoms with van der Waals surface area (Å²) < 4.78 is 54.1. The van der Waals surface area contributed by atoms with Crippen LogP contribution in [0.15, 0.2) is 60.9 Å². The number of aliphatic carboxylic acids is 1. The van der Waals surface area contributed by atoms with Gasteiger partial charge in [0.2, 0.25) is 5.95 Å². The van der Waals surface area contributed by atoms with Crippen LogP contribution in [0.2, 0.25) is 5.02 Å². The number of halogens is 5. The molecule has 1 unspecified atom stereocenters. The Kier molecular flexibility index (Phi) is 5.87. The normalized spacial score (nSPS) is 17.1. The molecule has 1 aliphatic carbocycles. The van der Waals surface area contributed by atoms with Crippen molar-refractivity contribution in [2.24, 2.45) is 5.92 Å². The van der Waals surface area contributed by atoms with Crippen LogP contribution in [0, 0.1) is 11.7 Å². The lowest BCUT2D eigenvalue weighted by molar-refractivity contribution is -0.141. The van der Waals surface area contributed by atoms with Crippen LogP contribution in [0.1, 0.15) is 23.6 Å². The largest absolute Gasteiger partial charge is 0.481 e. The summed E-state index contributed by atoms with van der Waals surface area (Å²) >= 11 is 5.82. The number of hydrogen-bond donors (Lipinski definition) is 2. The van der Waals surface area contributed by atoms with Crippen molar-refractivity contribution in [1.29, 1.82) is 0 Å². The average Bonchev–Trinajstić information content (AvgIpc) is 3.49. The van der Waals surface area contributed by atoms with Gasteiger partial charge in [0, 0.05) is 23.6 Å². The molecule has 2 aromatic carbocycles. The average molecular weight is 518 g/mol. The van der Waals surface area contributed by atoms with Crippen LogP contribution in [0.5, 0.6) is 0 Å². The standard InChI is InChI=1S/C24H16ClF4N5O2/c25-18-9-14(4-5-19(18)26)31-23-30-11-17(21(32-23)34-7-6-20(33-34)24(27,28)29)13-3-1-2-12(8-13)15-10-16(15)22(35)36/h1-9,11,15-16H,10H2,(H,35,36)(H,30,31,32)/t15?,16-/m0/s1. The van der Waals surface area contributed by atoms with Crippen LogP contribution < -0.4 is 5.32 Å². The maximum absolute atomic E-state index is 13.5. The number of benzene rings is 2. The minimum atomic E-state index is -4.65. The third kappa shape index (κ3) is 4.74. The Hall–Kier alpha value is -3.99. The van der Waals surface area contributed by atoms with Crippen LogP contribution >= 0.6 is 11.6 Å². The summed E-state index contributed by atoms with van der Waals surface area (Å²) in [4.78, 5) is 19.9. The van der Waals surface area contributed by atoms with Crippen molar-refractivity contribution in [3.8, 4) is 16.9 Å². The number of alkyl halides is 3. The molecule has 2 aromatic heterocycles. The summed E-state index contributed by atoms with van der Waals surface area (Å²) in [6, 6.07) is 11.8. The van der Waals surface area contributed by atoms with E-state index in [-0.39, 0.29) is 22.7 Å². The van der Waals surface area contributed by atoms with E-state index in [0.29, 0.717) is 23.2 Å². The zero-order valence-corrected chi connectivity index (χ0v) is 18.9. The lowest BCUT2D eigenvalue weighted by Crippen LogP contribution is -2.10. The molecule has 0 amide bonds. The van der Waals surface area contributed by atoms with Gasteiger partial charge in [0.05, 0.1) is 10.9 Å². The molecule has 1 fully saturated rings. The highest BCUT2D eigenvalue weighted by atomic mass is 35.5. The molecule has 4 aromatic rings. The van der Waals surface area contributed by atoms with Crippen molar-refractivity contribution in [2.75, 3.05) is 5.32 Å². The molecule has 12 heteroatoms. The predicted molar refractivity (Wildman–Crippen MR) is 123 cm³/mol. The number of carboxylic acid groups (broad SMARTS) is 1. The van der Waals surface area contributed by atoms with Gasteiger partial charge in [-0.1, -0.05) is 35.9 Å². The first-order valence-corrected chi connectivity index (χ1v) is 11.0. The van der Waals surface area contributed by atoms with Gasteiger partial charge in [0.1, 0.15) is 5.82 Å². The summed E-state index contributed by atoms with van der Waals surface area (Å²) in [6.45, 7) is 0. The molecular weight excluding hydrogens is 502 g/mol. The van der Waals surface area contributed by atoms with Gasteiger partial charge in [-0.3, -0.25) is 4.79 Å². The molecule has 1 saturated carbocycles. The van der Waals surface area contributed by atoms with E-state index in [2.05, 4.69) is 20.4 Å². The SMILES string of the molecule is O=C(O)[C@H]1CC1c1cccc(-c2cnc(Nc3ccc(F)c(Cl)c3)nc2-n2ccc(C(F)(F)F)n2)c1. The Balaban J connectivity index is 1.56. The van der Waals surface area contributed by atoms with E-state index in [1.807, 2.05) is 6.07 Å². The molecule has 36 heavy (non-hydrogen) atoms. The lowest BCUT2D eigenvalue weighted by Gasteiger charge is -2.13. The molecule has 1 aliphatic rings. The van der Waals surface area contributed by atoms with Crippen LogP contribution in [-0.2, 0) is 11.0 Å². The van der Waals surface area contributed by atoms with Crippen molar-refractivity contribution in [3.63, 3.8) is 0 Å². The fraction of sp³-hybridized carbons (Fsp3) is 0.167. The van der Waals surface area contributed by atoms with E-state index >= 15 is 0 Å². The molecule has 0 saturated heterocycles. The highest BCUT2D eigenvalue weighted by Crippen LogP contribution is 2.48. The van der Waals surface area contributed by atoms with Crippen molar-refractivity contribution in [3.05, 3.63) is 83.0 Å². The molecule has 2 atom stereocenters. The van der Waals surface area contributed by atoms with Gasteiger partial charge in [-0.25, -0.2) is 14.1 Å². The number of hydrogen-bond acceptors (Lipinski definition) is 5. The highest BCUT2D eigenvalue weighted by molar-refractivity contribution is 6.31. The van der Waals surface area contributed by atoms with Gasteiger partial charge in [0.25, 0.3) is 0 Å². The van der Waals surface area contributed by atoms with Gasteiger partial charge >= 0.3 is 12.1 Å². The Morgan fingerprint density at radius 2 is 1.97 bits per heavy atom. The Morgan fingerprint density at radius 1 is 1.17 bits per heavy atom. The molecule has 0 spiro atoms. The predicted octanol–water partition coefficient (Wildman–Crippen LogP) is 6.07. The van der Waals surface area contributed by atoms with E-state index in [9.17, 15) is 27.5 Å². The molecule has 7 nitrogen and oxygen atoms in total. The maximum Gasteiger partial charge on any atom is 0.435 e. The second-order valence-electron chi connectivity index (χ2n) is 8.24. The number of rotatable bonds is 6. The topological polar surface area (TPSA) is 92.9 Å². The zero-order valence-electron chi connectivity index (χ0n) is 18.2. The number of aromatic nitrogens is 4. The first kappa shape index (κ1) is 23.7. The molecule has 0 bridgehead atoms. The van der Waals surface area contributed by atoms with E-state index in [0.717, 1.165) is 28.6 Å². The number of nitrogens with one attached hydrogen (secondary N) is 1. The number of nitrogens with zero attached hydrogens (tertiary/aromatic N) is 4. The van der Waals surface area contributed by atoms with Gasteiger partial charge in [-0.2, -0.15) is 23.3 Å². The van der Waals surface area contributed by atoms with Gasteiger partial charge in [0.15, 0.2) is 11.5 Å². The van der Waals surface area contributed by atoms with Gasteiger partial charge in [-0.05, 0) is 47.7 Å². The number of anilines is 2. The molecule has 0 aliphatic heterocycles. The van der Waals surface area contributed by atoms with Crippen molar-refractivity contribution < 1.29 is 27.5 Å². The number of carbonyl (C=O) groups is 1. The van der Waals surface area contributed by atoms with Crippen LogP contribution in [0.4, 0.5) is 29.2 Å². The summed E-state index contributed by atoms with van der Waals surface area (Å²) in [6.07, 6.45) is -1.58. The molecule has 2 heterocycles. The molecular formula is C24H16ClF4N5O2. The van der Waals surface area contributed by atoms with Crippen molar-refractivity contribution >= 4 is 29.2 Å². The first-order valence-electron chi connectivity index (χ1n) is 10.7. The molecule has 0 radical (unpaired) electrons. The van der Waals surface area contributed by atoms with Gasteiger partial charge in [-0.15, -0.1) is 0 Å². The van der Waals surface area contributed by atoms with Crippen LogP contribution in [0.3, 0.4) is 0 Å². The second kappa shape index (κ2) is 8.90.